The summed E-state index contributed by atoms with van der Waals surface area (Å²) in [4.78, 5) is 42.8. The Morgan fingerprint density at radius 3 is 2.57 bits per heavy atom. The average molecular weight is 590 g/mol. The number of esters is 1. The Bertz CT molecular complexity index is 1930. The van der Waals surface area contributed by atoms with Gasteiger partial charge in [-0.25, -0.2) is 9.79 Å². The zero-order valence-corrected chi connectivity index (χ0v) is 24.3. The third-order valence-electron chi connectivity index (χ3n) is 6.84. The van der Waals surface area contributed by atoms with Crippen molar-refractivity contribution in [2.75, 3.05) is 20.8 Å². The van der Waals surface area contributed by atoms with E-state index in [1.807, 2.05) is 6.92 Å². The number of allylic oxidation sites excluding steroid dienone is 1. The van der Waals surface area contributed by atoms with Gasteiger partial charge in [-0.2, -0.15) is 0 Å². The molecule has 0 saturated heterocycles. The van der Waals surface area contributed by atoms with Crippen LogP contribution in [0.15, 0.2) is 74.0 Å². The number of rotatable bonds is 8. The number of thiazole rings is 1. The maximum absolute atomic E-state index is 13.9. The van der Waals surface area contributed by atoms with E-state index in [0.717, 1.165) is 16.9 Å². The number of nitro groups is 1. The minimum Gasteiger partial charge on any atom is -0.493 e. The number of nitro benzene ring substituents is 1. The van der Waals surface area contributed by atoms with Crippen molar-refractivity contribution < 1.29 is 28.3 Å². The molecule has 0 fully saturated rings. The Morgan fingerprint density at radius 1 is 1.12 bits per heavy atom. The van der Waals surface area contributed by atoms with Crippen molar-refractivity contribution in [1.82, 2.24) is 4.57 Å². The van der Waals surface area contributed by atoms with Crippen LogP contribution >= 0.6 is 11.3 Å². The van der Waals surface area contributed by atoms with Gasteiger partial charge in [0.25, 0.3) is 11.2 Å². The molecule has 0 bridgehead atoms. The largest absolute Gasteiger partial charge is 0.493 e. The number of methoxy groups -OCH3 is 2. The van der Waals surface area contributed by atoms with Gasteiger partial charge in [-0.05, 0) is 56.2 Å². The standard InChI is InChI=1S/C30H27N3O8S/c1-6-40-29(35)26-17(3)31-30-32(27(26)18-8-11-23(38-4)24(13-18)39-5)28(34)25(42-30)15-20-10-12-22(41-20)21-14-19(33(36)37)9-7-16(21)2/h7-15,27H,6H2,1-5H3. The maximum atomic E-state index is 13.9. The number of benzene rings is 2. The second-order valence-electron chi connectivity index (χ2n) is 9.38. The lowest BCUT2D eigenvalue weighted by Crippen LogP contribution is -2.39. The van der Waals surface area contributed by atoms with Crippen LogP contribution in [0.2, 0.25) is 0 Å². The summed E-state index contributed by atoms with van der Waals surface area (Å²) in [5.41, 5.74) is 2.24. The Balaban J connectivity index is 1.65. The highest BCUT2D eigenvalue weighted by molar-refractivity contribution is 7.07. The molecule has 2 aromatic heterocycles. The third-order valence-corrected chi connectivity index (χ3v) is 7.82. The normalized spacial score (nSPS) is 14.8. The van der Waals surface area contributed by atoms with Gasteiger partial charge in [-0.15, -0.1) is 0 Å². The summed E-state index contributed by atoms with van der Waals surface area (Å²) in [6.45, 7) is 5.40. The molecule has 1 aliphatic heterocycles. The first kappa shape index (κ1) is 28.6. The molecule has 2 aromatic carbocycles. The van der Waals surface area contributed by atoms with Crippen molar-refractivity contribution in [1.29, 1.82) is 0 Å². The number of aryl methyl sites for hydroxylation is 1. The van der Waals surface area contributed by atoms with Crippen LogP contribution in [-0.4, -0.2) is 36.3 Å². The monoisotopic (exact) mass is 589 g/mol. The molecule has 4 aromatic rings. The van der Waals surface area contributed by atoms with Crippen LogP contribution < -0.4 is 24.4 Å². The molecule has 0 saturated carbocycles. The van der Waals surface area contributed by atoms with Crippen LogP contribution in [0.3, 0.4) is 0 Å². The Kier molecular flexibility index (Phi) is 7.81. The van der Waals surface area contributed by atoms with Crippen molar-refractivity contribution in [2.24, 2.45) is 4.99 Å². The quantitative estimate of drug-likeness (QED) is 0.169. The summed E-state index contributed by atoms with van der Waals surface area (Å²) in [6.07, 6.45) is 1.59. The predicted octanol–water partition coefficient (Wildman–Crippen LogP) is 4.29. The topological polar surface area (TPSA) is 135 Å². The SMILES string of the molecule is CCOC(=O)C1=C(C)N=c2sc(=Cc3ccc(-c4cc([N+](=O)[O-])ccc4C)o3)c(=O)n2C1c1ccc(OC)c(OC)c1. The number of hydrogen-bond donors (Lipinski definition) is 0. The number of aromatic nitrogens is 1. The second-order valence-corrected chi connectivity index (χ2v) is 10.4. The highest BCUT2D eigenvalue weighted by atomic mass is 32.1. The van der Waals surface area contributed by atoms with E-state index in [-0.39, 0.29) is 23.4 Å². The van der Waals surface area contributed by atoms with E-state index >= 15 is 0 Å². The molecule has 216 valence electrons. The first-order valence-corrected chi connectivity index (χ1v) is 13.7. The first-order valence-electron chi connectivity index (χ1n) is 12.9. The van der Waals surface area contributed by atoms with Crippen LogP contribution in [-0.2, 0) is 9.53 Å². The number of carbonyl (C=O) groups excluding carboxylic acids is 1. The minimum absolute atomic E-state index is 0.0511. The van der Waals surface area contributed by atoms with E-state index in [2.05, 4.69) is 4.99 Å². The predicted molar refractivity (Wildman–Crippen MR) is 155 cm³/mol. The van der Waals surface area contributed by atoms with Crippen LogP contribution in [0.4, 0.5) is 5.69 Å². The first-order chi connectivity index (χ1) is 20.2. The van der Waals surface area contributed by atoms with E-state index in [4.69, 9.17) is 18.6 Å². The van der Waals surface area contributed by atoms with E-state index in [1.54, 1.807) is 56.3 Å². The molecule has 42 heavy (non-hydrogen) atoms. The number of nitrogens with zero attached hydrogens (tertiary/aromatic N) is 3. The summed E-state index contributed by atoms with van der Waals surface area (Å²) in [6, 6.07) is 12.3. The highest BCUT2D eigenvalue weighted by Gasteiger charge is 2.34. The molecule has 1 aliphatic rings. The Hall–Kier alpha value is -4.97. The number of fused-ring (bicyclic) bond motifs is 1. The molecule has 5 rings (SSSR count). The van der Waals surface area contributed by atoms with Crippen molar-refractivity contribution >= 4 is 29.1 Å². The molecule has 0 spiro atoms. The molecule has 0 amide bonds. The molecule has 3 heterocycles. The van der Waals surface area contributed by atoms with Crippen molar-refractivity contribution in [3.05, 3.63) is 106 Å². The fourth-order valence-corrected chi connectivity index (χ4v) is 5.85. The molecule has 0 aliphatic carbocycles. The van der Waals surface area contributed by atoms with Crippen LogP contribution in [0.25, 0.3) is 17.4 Å². The van der Waals surface area contributed by atoms with Crippen molar-refractivity contribution in [3.8, 4) is 22.8 Å². The fourth-order valence-electron chi connectivity index (χ4n) is 4.82. The van der Waals surface area contributed by atoms with Gasteiger partial charge in [0.1, 0.15) is 11.5 Å². The van der Waals surface area contributed by atoms with Gasteiger partial charge in [0.15, 0.2) is 16.3 Å². The maximum Gasteiger partial charge on any atom is 0.338 e. The number of carbonyl (C=O) groups is 1. The molecular formula is C30H27N3O8S. The molecular weight excluding hydrogens is 562 g/mol. The number of hydrogen-bond acceptors (Lipinski definition) is 10. The number of furan rings is 1. The summed E-state index contributed by atoms with van der Waals surface area (Å²) < 4.78 is 24.0. The van der Waals surface area contributed by atoms with Crippen molar-refractivity contribution in [2.45, 2.75) is 26.8 Å². The zero-order valence-electron chi connectivity index (χ0n) is 23.5. The summed E-state index contributed by atoms with van der Waals surface area (Å²) in [5.74, 6) is 1.18. The van der Waals surface area contributed by atoms with Gasteiger partial charge in [-0.1, -0.05) is 23.5 Å². The van der Waals surface area contributed by atoms with Crippen LogP contribution in [0.1, 0.15) is 36.8 Å². The van der Waals surface area contributed by atoms with Crippen LogP contribution in [0, 0.1) is 17.0 Å². The number of ether oxygens (including phenoxy) is 3. The smallest absolute Gasteiger partial charge is 0.338 e. The average Bonchev–Trinajstić information content (AvgIpc) is 3.56. The molecule has 11 nitrogen and oxygen atoms in total. The molecule has 12 heteroatoms. The van der Waals surface area contributed by atoms with E-state index in [0.29, 0.717) is 49.2 Å². The minimum atomic E-state index is -0.832. The van der Waals surface area contributed by atoms with Gasteiger partial charge in [0, 0.05) is 23.8 Å². The van der Waals surface area contributed by atoms with Gasteiger partial charge in [0.05, 0.1) is 47.6 Å². The van der Waals surface area contributed by atoms with E-state index in [9.17, 15) is 19.7 Å². The lowest BCUT2D eigenvalue weighted by molar-refractivity contribution is -0.384. The summed E-state index contributed by atoms with van der Waals surface area (Å²) >= 11 is 1.15. The third kappa shape index (κ3) is 5.12. The van der Waals surface area contributed by atoms with Gasteiger partial charge in [-0.3, -0.25) is 19.5 Å². The highest BCUT2D eigenvalue weighted by Crippen LogP contribution is 2.36. The lowest BCUT2D eigenvalue weighted by Gasteiger charge is -2.25. The molecule has 1 atom stereocenters. The molecule has 0 radical (unpaired) electrons. The number of non-ortho nitro benzene ring substituents is 1. The Labute approximate surface area is 243 Å². The van der Waals surface area contributed by atoms with Gasteiger partial charge in [0.2, 0.25) is 0 Å². The zero-order chi connectivity index (χ0) is 30.1. The van der Waals surface area contributed by atoms with Crippen molar-refractivity contribution in [3.63, 3.8) is 0 Å². The molecule has 1 unspecified atom stereocenters. The van der Waals surface area contributed by atoms with Crippen LogP contribution in [0.5, 0.6) is 11.5 Å². The van der Waals surface area contributed by atoms with Gasteiger partial charge >= 0.3 is 5.97 Å². The fraction of sp³-hybridized carbons (Fsp3) is 0.233. The van der Waals surface area contributed by atoms with E-state index in [1.165, 1.54) is 30.9 Å². The summed E-state index contributed by atoms with van der Waals surface area (Å²) in [7, 11) is 3.03. The summed E-state index contributed by atoms with van der Waals surface area (Å²) in [5, 5.41) is 11.3. The van der Waals surface area contributed by atoms with E-state index < -0.39 is 16.9 Å². The lowest BCUT2D eigenvalue weighted by atomic mass is 9.95. The Morgan fingerprint density at radius 2 is 1.88 bits per heavy atom. The van der Waals surface area contributed by atoms with Gasteiger partial charge < -0.3 is 18.6 Å². The second kappa shape index (κ2) is 11.5. The molecule has 0 N–H and O–H groups in total.